The molecular weight excluding hydrogens is 218 g/mol. The molecule has 2 aliphatic rings. The standard InChI is InChI=1S/C8H11N3O5/c1-8(2)15-5-3(10-11-9)4(6(12)13)14-7(5)16-8/h3-5,7H,1-2H3,(H,12,13)/t3?,4-,5-,7-/m0/s1. The van der Waals surface area contributed by atoms with Gasteiger partial charge in [-0.3, -0.25) is 0 Å². The summed E-state index contributed by atoms with van der Waals surface area (Å²) in [6, 6.07) is -0.908. The van der Waals surface area contributed by atoms with Crippen LogP contribution in [0.3, 0.4) is 0 Å². The number of carboxylic acids is 1. The van der Waals surface area contributed by atoms with E-state index in [0.717, 1.165) is 0 Å². The van der Waals surface area contributed by atoms with E-state index in [1.165, 1.54) is 0 Å². The molecule has 16 heavy (non-hydrogen) atoms. The van der Waals surface area contributed by atoms with E-state index in [1.807, 2.05) is 0 Å². The van der Waals surface area contributed by atoms with Crippen molar-refractivity contribution < 1.29 is 24.1 Å². The van der Waals surface area contributed by atoms with Crippen molar-refractivity contribution in [2.75, 3.05) is 0 Å². The Bertz CT molecular complexity index is 365. The van der Waals surface area contributed by atoms with Crippen LogP contribution in [0.4, 0.5) is 0 Å². The van der Waals surface area contributed by atoms with Gasteiger partial charge in [0.05, 0.1) is 0 Å². The molecule has 0 amide bonds. The Hall–Kier alpha value is -1.34. The van der Waals surface area contributed by atoms with Crippen LogP contribution in [0.5, 0.6) is 0 Å². The van der Waals surface area contributed by atoms with Gasteiger partial charge in [0.1, 0.15) is 12.1 Å². The number of ether oxygens (including phenoxy) is 3. The maximum Gasteiger partial charge on any atom is 0.333 e. The topological polar surface area (TPSA) is 114 Å². The highest BCUT2D eigenvalue weighted by atomic mass is 16.8. The smallest absolute Gasteiger partial charge is 0.333 e. The van der Waals surface area contributed by atoms with Crippen LogP contribution in [0, 0.1) is 0 Å². The van der Waals surface area contributed by atoms with Gasteiger partial charge in [0.15, 0.2) is 18.2 Å². The van der Waals surface area contributed by atoms with Crippen molar-refractivity contribution in [2.24, 2.45) is 5.11 Å². The van der Waals surface area contributed by atoms with E-state index in [1.54, 1.807) is 13.8 Å². The minimum absolute atomic E-state index is 0.674. The number of aliphatic carboxylic acids is 1. The van der Waals surface area contributed by atoms with Crippen molar-refractivity contribution in [2.45, 2.75) is 44.2 Å². The van der Waals surface area contributed by atoms with Gasteiger partial charge in [0.2, 0.25) is 0 Å². The molecule has 0 bridgehead atoms. The number of azide groups is 1. The van der Waals surface area contributed by atoms with Gasteiger partial charge in [-0.1, -0.05) is 5.11 Å². The number of hydrogen-bond acceptors (Lipinski definition) is 5. The van der Waals surface area contributed by atoms with Crippen LogP contribution in [-0.2, 0) is 19.0 Å². The fourth-order valence-corrected chi connectivity index (χ4v) is 1.88. The highest BCUT2D eigenvalue weighted by Crippen LogP contribution is 2.38. The molecule has 4 atom stereocenters. The molecule has 1 unspecified atom stereocenters. The summed E-state index contributed by atoms with van der Waals surface area (Å²) >= 11 is 0. The van der Waals surface area contributed by atoms with Crippen LogP contribution in [-0.4, -0.2) is 41.4 Å². The van der Waals surface area contributed by atoms with Crippen LogP contribution in [0.2, 0.25) is 0 Å². The first-order chi connectivity index (χ1) is 7.44. The second kappa shape index (κ2) is 3.60. The zero-order chi connectivity index (χ0) is 11.9. The predicted octanol–water partition coefficient (Wildman–Crippen LogP) is 0.626. The highest BCUT2D eigenvalue weighted by molar-refractivity contribution is 5.74. The van der Waals surface area contributed by atoms with Gasteiger partial charge in [0.25, 0.3) is 0 Å². The minimum atomic E-state index is -1.22. The van der Waals surface area contributed by atoms with Crippen molar-refractivity contribution in [1.29, 1.82) is 0 Å². The van der Waals surface area contributed by atoms with Crippen molar-refractivity contribution in [3.05, 3.63) is 10.4 Å². The normalized spacial score (nSPS) is 40.1. The molecule has 0 spiro atoms. The number of carbonyl (C=O) groups is 1. The Balaban J connectivity index is 2.23. The third-order valence-electron chi connectivity index (χ3n) is 2.44. The Morgan fingerprint density at radius 3 is 2.75 bits per heavy atom. The summed E-state index contributed by atoms with van der Waals surface area (Å²) in [6.45, 7) is 3.36. The molecule has 8 heteroatoms. The van der Waals surface area contributed by atoms with Gasteiger partial charge in [-0.25, -0.2) is 4.79 Å². The summed E-state index contributed by atoms with van der Waals surface area (Å²) in [4.78, 5) is 13.5. The third kappa shape index (κ3) is 1.72. The molecule has 0 aromatic heterocycles. The van der Waals surface area contributed by atoms with Gasteiger partial charge in [-0.05, 0) is 19.4 Å². The zero-order valence-corrected chi connectivity index (χ0v) is 8.73. The zero-order valence-electron chi connectivity index (χ0n) is 8.73. The lowest BCUT2D eigenvalue weighted by Gasteiger charge is -2.21. The molecule has 0 radical (unpaired) electrons. The van der Waals surface area contributed by atoms with Gasteiger partial charge < -0.3 is 19.3 Å². The minimum Gasteiger partial charge on any atom is -0.479 e. The fourth-order valence-electron chi connectivity index (χ4n) is 1.88. The molecular formula is C8H11N3O5. The van der Waals surface area contributed by atoms with Crippen LogP contribution in [0.1, 0.15) is 13.8 Å². The molecule has 2 rings (SSSR count). The van der Waals surface area contributed by atoms with E-state index < -0.39 is 36.3 Å². The van der Waals surface area contributed by atoms with E-state index in [2.05, 4.69) is 10.0 Å². The van der Waals surface area contributed by atoms with E-state index in [0.29, 0.717) is 0 Å². The van der Waals surface area contributed by atoms with E-state index >= 15 is 0 Å². The Morgan fingerprint density at radius 1 is 1.50 bits per heavy atom. The van der Waals surface area contributed by atoms with E-state index in [-0.39, 0.29) is 0 Å². The average molecular weight is 229 g/mol. The van der Waals surface area contributed by atoms with Crippen LogP contribution >= 0.6 is 0 Å². The van der Waals surface area contributed by atoms with Gasteiger partial charge in [-0.2, -0.15) is 0 Å². The summed E-state index contributed by atoms with van der Waals surface area (Å²) in [6.07, 6.45) is -2.69. The Labute approximate surface area is 90.7 Å². The van der Waals surface area contributed by atoms with Crippen LogP contribution in [0.25, 0.3) is 10.4 Å². The van der Waals surface area contributed by atoms with Gasteiger partial charge in [-0.15, -0.1) is 0 Å². The molecule has 0 saturated carbocycles. The SMILES string of the molecule is CC1(C)O[C@@H]2O[C@H](C(=O)O)C(N=[N+]=[N-])[C@@H]2O1. The van der Waals surface area contributed by atoms with Crippen molar-refractivity contribution in [3.8, 4) is 0 Å². The number of rotatable bonds is 2. The van der Waals surface area contributed by atoms with E-state index in [9.17, 15) is 4.79 Å². The molecule has 2 saturated heterocycles. The van der Waals surface area contributed by atoms with Crippen molar-refractivity contribution >= 4 is 5.97 Å². The largest absolute Gasteiger partial charge is 0.479 e. The lowest BCUT2D eigenvalue weighted by molar-refractivity contribution is -0.211. The molecule has 2 aliphatic heterocycles. The van der Waals surface area contributed by atoms with Crippen LogP contribution in [0.15, 0.2) is 5.11 Å². The lowest BCUT2D eigenvalue weighted by atomic mass is 10.1. The molecule has 0 aromatic carbocycles. The summed E-state index contributed by atoms with van der Waals surface area (Å²) in [5, 5.41) is 12.3. The summed E-state index contributed by atoms with van der Waals surface area (Å²) in [7, 11) is 0. The Kier molecular flexibility index (Phi) is 2.51. The first-order valence-corrected chi connectivity index (χ1v) is 4.73. The second-order valence-electron chi connectivity index (χ2n) is 4.06. The van der Waals surface area contributed by atoms with Crippen molar-refractivity contribution in [1.82, 2.24) is 0 Å². The predicted molar refractivity (Wildman–Crippen MR) is 49.3 cm³/mol. The summed E-state index contributed by atoms with van der Waals surface area (Å²) in [5.41, 5.74) is 8.39. The summed E-state index contributed by atoms with van der Waals surface area (Å²) < 4.78 is 15.9. The van der Waals surface area contributed by atoms with Crippen molar-refractivity contribution in [3.63, 3.8) is 0 Å². The highest BCUT2D eigenvalue weighted by Gasteiger charge is 2.56. The second-order valence-corrected chi connectivity index (χ2v) is 4.06. The number of nitrogens with zero attached hydrogens (tertiary/aromatic N) is 3. The first-order valence-electron chi connectivity index (χ1n) is 4.73. The van der Waals surface area contributed by atoms with Gasteiger partial charge in [0, 0.05) is 4.91 Å². The number of fused-ring (bicyclic) bond motifs is 1. The van der Waals surface area contributed by atoms with Gasteiger partial charge >= 0.3 is 5.97 Å². The monoisotopic (exact) mass is 229 g/mol. The third-order valence-corrected chi connectivity index (χ3v) is 2.44. The fraction of sp³-hybridized carbons (Fsp3) is 0.875. The molecule has 0 aliphatic carbocycles. The Morgan fingerprint density at radius 2 is 2.19 bits per heavy atom. The summed E-state index contributed by atoms with van der Waals surface area (Å²) in [5.74, 6) is -2.06. The molecule has 1 N–H and O–H groups in total. The van der Waals surface area contributed by atoms with Crippen LogP contribution < -0.4 is 0 Å². The maximum atomic E-state index is 10.9. The van der Waals surface area contributed by atoms with E-state index in [4.69, 9.17) is 24.8 Å². The molecule has 0 aromatic rings. The molecule has 88 valence electrons. The maximum absolute atomic E-state index is 10.9. The number of carboxylic acid groups (broad SMARTS) is 1. The lowest BCUT2D eigenvalue weighted by Crippen LogP contribution is -2.37. The number of hydrogen-bond donors (Lipinski definition) is 1. The molecule has 8 nitrogen and oxygen atoms in total. The molecule has 2 fully saturated rings. The molecule has 2 heterocycles. The average Bonchev–Trinajstić information content (AvgIpc) is 2.60. The first kappa shape index (κ1) is 11.2. The quantitative estimate of drug-likeness (QED) is 0.423.